The molecule has 1 N–H and O–H groups in total. The molecule has 110 valence electrons. The normalized spacial score (nSPS) is 16.5. The molecule has 1 nitrogen and oxygen atoms in total. The minimum atomic E-state index is 0.444. The molecule has 0 aliphatic heterocycles. The van der Waals surface area contributed by atoms with Gasteiger partial charge in [-0.3, -0.25) is 0 Å². The third-order valence-electron chi connectivity index (χ3n) is 4.87. The summed E-state index contributed by atoms with van der Waals surface area (Å²) in [7, 11) is 2.04. The smallest absolute Gasteiger partial charge is 0.0315 e. The maximum atomic E-state index is 3.39. The molecule has 0 heterocycles. The summed E-state index contributed by atoms with van der Waals surface area (Å²) in [6, 6.07) is 18.6. The zero-order chi connectivity index (χ0) is 14.7. The predicted molar refractivity (Wildman–Crippen MR) is 90.6 cm³/mol. The number of nitrogens with one attached hydrogen (secondary N) is 1. The summed E-state index contributed by atoms with van der Waals surface area (Å²) in [6.07, 6.45) is 5.25. The molecule has 1 unspecified atom stereocenters. The van der Waals surface area contributed by atoms with Crippen LogP contribution in [0.15, 0.2) is 48.5 Å². The molecule has 2 aromatic rings. The Hall–Kier alpha value is -1.60. The van der Waals surface area contributed by atoms with Gasteiger partial charge in [-0.1, -0.05) is 55.8 Å². The Morgan fingerprint density at radius 3 is 2.38 bits per heavy atom. The molecule has 1 aliphatic carbocycles. The summed E-state index contributed by atoms with van der Waals surface area (Å²) in [5, 5.41) is 3.39. The average Bonchev–Trinajstić information content (AvgIpc) is 2.48. The second-order valence-electron chi connectivity index (χ2n) is 6.12. The van der Waals surface area contributed by atoms with Crippen molar-refractivity contribution >= 4 is 0 Å². The maximum absolute atomic E-state index is 3.39. The van der Waals surface area contributed by atoms with Crippen LogP contribution in [0.4, 0.5) is 0 Å². The van der Waals surface area contributed by atoms with E-state index in [-0.39, 0.29) is 0 Å². The summed E-state index contributed by atoms with van der Waals surface area (Å²) in [4.78, 5) is 0. The van der Waals surface area contributed by atoms with E-state index in [1.165, 1.54) is 41.5 Å². The molecule has 2 aromatic carbocycles. The van der Waals surface area contributed by atoms with Crippen molar-refractivity contribution in [2.45, 2.75) is 44.6 Å². The fourth-order valence-corrected chi connectivity index (χ4v) is 3.23. The van der Waals surface area contributed by atoms with Gasteiger partial charge in [0.2, 0.25) is 0 Å². The Bertz CT molecular complexity index is 577. The van der Waals surface area contributed by atoms with Crippen molar-refractivity contribution in [3.8, 4) is 11.1 Å². The Balaban J connectivity index is 1.84. The van der Waals surface area contributed by atoms with Crippen LogP contribution in [-0.2, 0) is 0 Å². The van der Waals surface area contributed by atoms with Crippen LogP contribution >= 0.6 is 0 Å². The van der Waals surface area contributed by atoms with Crippen molar-refractivity contribution in [3.05, 3.63) is 59.7 Å². The average molecular weight is 279 g/mol. The Morgan fingerprint density at radius 2 is 1.81 bits per heavy atom. The molecule has 0 spiro atoms. The van der Waals surface area contributed by atoms with Gasteiger partial charge in [-0.2, -0.15) is 0 Å². The number of hydrogen-bond acceptors (Lipinski definition) is 1. The third kappa shape index (κ3) is 3.03. The van der Waals surface area contributed by atoms with E-state index in [4.69, 9.17) is 0 Å². The lowest BCUT2D eigenvalue weighted by Gasteiger charge is -2.25. The molecular formula is C20H25N. The molecule has 0 bridgehead atoms. The predicted octanol–water partition coefficient (Wildman–Crippen LogP) is 5.29. The van der Waals surface area contributed by atoms with Crippen LogP contribution in [0.25, 0.3) is 11.1 Å². The third-order valence-corrected chi connectivity index (χ3v) is 4.87. The van der Waals surface area contributed by atoms with Crippen molar-refractivity contribution < 1.29 is 0 Å². The molecule has 1 atom stereocenters. The van der Waals surface area contributed by atoms with E-state index in [9.17, 15) is 0 Å². The van der Waals surface area contributed by atoms with Gasteiger partial charge in [0.25, 0.3) is 0 Å². The highest BCUT2D eigenvalue weighted by atomic mass is 14.9. The SMILES string of the molecule is CCC(NC)c1cccc(-c2ccc(C3CCC3)cc2)c1. The van der Waals surface area contributed by atoms with Crippen LogP contribution in [0.2, 0.25) is 0 Å². The van der Waals surface area contributed by atoms with Crippen molar-refractivity contribution in [1.29, 1.82) is 0 Å². The molecule has 1 fully saturated rings. The van der Waals surface area contributed by atoms with E-state index < -0.39 is 0 Å². The van der Waals surface area contributed by atoms with Crippen LogP contribution in [0.5, 0.6) is 0 Å². The summed E-state index contributed by atoms with van der Waals surface area (Å²) in [5.41, 5.74) is 5.54. The Morgan fingerprint density at radius 1 is 1.05 bits per heavy atom. The first-order valence-corrected chi connectivity index (χ1v) is 8.19. The largest absolute Gasteiger partial charge is 0.313 e. The summed E-state index contributed by atoms with van der Waals surface area (Å²) in [6.45, 7) is 2.22. The molecule has 1 saturated carbocycles. The molecule has 3 rings (SSSR count). The monoisotopic (exact) mass is 279 g/mol. The standard InChI is InChI=1S/C20H25N/c1-3-20(21-2)19-9-5-8-18(14-19)17-12-10-16(11-13-17)15-6-4-7-15/h5,8-15,20-21H,3-4,6-7H2,1-2H3. The maximum Gasteiger partial charge on any atom is 0.0315 e. The summed E-state index contributed by atoms with van der Waals surface area (Å²) < 4.78 is 0. The van der Waals surface area contributed by atoms with E-state index in [0.29, 0.717) is 6.04 Å². The number of rotatable bonds is 5. The van der Waals surface area contributed by atoms with E-state index in [2.05, 4.69) is 60.8 Å². The van der Waals surface area contributed by atoms with Crippen LogP contribution in [-0.4, -0.2) is 7.05 Å². The first kappa shape index (κ1) is 14.3. The fraction of sp³-hybridized carbons (Fsp3) is 0.400. The first-order chi connectivity index (χ1) is 10.3. The van der Waals surface area contributed by atoms with Gasteiger partial charge in [-0.05, 0) is 60.5 Å². The zero-order valence-electron chi connectivity index (χ0n) is 13.1. The van der Waals surface area contributed by atoms with Crippen molar-refractivity contribution in [2.24, 2.45) is 0 Å². The van der Waals surface area contributed by atoms with Crippen LogP contribution in [0, 0.1) is 0 Å². The topological polar surface area (TPSA) is 12.0 Å². The van der Waals surface area contributed by atoms with Gasteiger partial charge in [-0.25, -0.2) is 0 Å². The summed E-state index contributed by atoms with van der Waals surface area (Å²) >= 11 is 0. The van der Waals surface area contributed by atoms with E-state index in [0.717, 1.165) is 12.3 Å². The molecule has 1 aliphatic rings. The molecule has 0 amide bonds. The molecule has 1 heteroatoms. The molecular weight excluding hydrogens is 254 g/mol. The van der Waals surface area contributed by atoms with Crippen molar-refractivity contribution in [3.63, 3.8) is 0 Å². The minimum absolute atomic E-state index is 0.444. The van der Waals surface area contributed by atoms with Gasteiger partial charge in [0.15, 0.2) is 0 Å². The van der Waals surface area contributed by atoms with E-state index >= 15 is 0 Å². The number of benzene rings is 2. The van der Waals surface area contributed by atoms with Crippen molar-refractivity contribution in [1.82, 2.24) is 5.32 Å². The molecule has 0 saturated heterocycles. The first-order valence-electron chi connectivity index (χ1n) is 8.19. The van der Waals surface area contributed by atoms with Crippen LogP contribution in [0.1, 0.15) is 55.7 Å². The molecule has 21 heavy (non-hydrogen) atoms. The van der Waals surface area contributed by atoms with Gasteiger partial charge in [0.1, 0.15) is 0 Å². The zero-order valence-corrected chi connectivity index (χ0v) is 13.1. The quantitative estimate of drug-likeness (QED) is 0.784. The lowest BCUT2D eigenvalue weighted by atomic mass is 9.80. The fourth-order valence-electron chi connectivity index (χ4n) is 3.23. The second-order valence-corrected chi connectivity index (χ2v) is 6.12. The highest BCUT2D eigenvalue weighted by Gasteiger charge is 2.19. The Labute approximate surface area is 128 Å². The molecule has 0 aromatic heterocycles. The highest BCUT2D eigenvalue weighted by molar-refractivity contribution is 5.64. The lowest BCUT2D eigenvalue weighted by Crippen LogP contribution is -2.15. The minimum Gasteiger partial charge on any atom is -0.313 e. The lowest BCUT2D eigenvalue weighted by molar-refractivity contribution is 0.420. The van der Waals surface area contributed by atoms with Crippen LogP contribution < -0.4 is 5.32 Å². The van der Waals surface area contributed by atoms with E-state index in [1.807, 2.05) is 7.05 Å². The Kier molecular flexibility index (Phi) is 4.40. The van der Waals surface area contributed by atoms with Crippen LogP contribution in [0.3, 0.4) is 0 Å². The van der Waals surface area contributed by atoms with Crippen molar-refractivity contribution in [2.75, 3.05) is 7.05 Å². The van der Waals surface area contributed by atoms with Gasteiger partial charge >= 0.3 is 0 Å². The van der Waals surface area contributed by atoms with Gasteiger partial charge in [0, 0.05) is 6.04 Å². The number of hydrogen-bond donors (Lipinski definition) is 1. The van der Waals surface area contributed by atoms with Gasteiger partial charge < -0.3 is 5.32 Å². The van der Waals surface area contributed by atoms with E-state index in [1.54, 1.807) is 0 Å². The highest BCUT2D eigenvalue weighted by Crippen LogP contribution is 2.37. The molecule has 0 radical (unpaired) electrons. The van der Waals surface area contributed by atoms with Gasteiger partial charge in [0.05, 0.1) is 0 Å². The summed E-state index contributed by atoms with van der Waals surface area (Å²) in [5.74, 6) is 0.819. The second kappa shape index (κ2) is 6.44. The van der Waals surface area contributed by atoms with Gasteiger partial charge in [-0.15, -0.1) is 0 Å².